The maximum absolute atomic E-state index is 12.0. The molecule has 3 heteroatoms. The zero-order chi connectivity index (χ0) is 13.9. The van der Waals surface area contributed by atoms with Crippen LogP contribution in [0.25, 0.3) is 0 Å². The Morgan fingerprint density at radius 2 is 2.32 bits per heavy atom. The molecule has 0 aliphatic heterocycles. The van der Waals surface area contributed by atoms with Crippen molar-refractivity contribution in [1.29, 1.82) is 5.26 Å². The first-order chi connectivity index (χ1) is 9.14. The molecule has 0 amide bonds. The van der Waals surface area contributed by atoms with Crippen LogP contribution in [0.4, 0.5) is 0 Å². The molecule has 0 bridgehead atoms. The second-order valence-electron chi connectivity index (χ2n) is 5.20. The molecule has 100 valence electrons. The SMILES string of the molecule is C=C1CCC(C#N)(C(=O)OC)/C1=C/C1=CCCCC1. The molecule has 1 fully saturated rings. The number of esters is 1. The summed E-state index contributed by atoms with van der Waals surface area (Å²) in [6, 6.07) is 2.17. The number of nitrogens with zero attached hydrogens (tertiary/aromatic N) is 1. The molecule has 0 heterocycles. The number of hydrogen-bond acceptors (Lipinski definition) is 3. The van der Waals surface area contributed by atoms with E-state index in [2.05, 4.69) is 18.7 Å². The molecule has 2 aliphatic rings. The third-order valence-corrected chi connectivity index (χ3v) is 4.02. The van der Waals surface area contributed by atoms with Crippen LogP contribution in [0.15, 0.2) is 35.5 Å². The molecule has 1 unspecified atom stereocenters. The Morgan fingerprint density at radius 3 is 2.89 bits per heavy atom. The smallest absolute Gasteiger partial charge is 0.330 e. The Bertz CT molecular complexity index is 507. The van der Waals surface area contributed by atoms with Gasteiger partial charge in [-0.3, -0.25) is 0 Å². The predicted molar refractivity (Wildman–Crippen MR) is 73.1 cm³/mol. The number of nitriles is 1. The van der Waals surface area contributed by atoms with Crippen molar-refractivity contribution < 1.29 is 9.53 Å². The largest absolute Gasteiger partial charge is 0.468 e. The summed E-state index contributed by atoms with van der Waals surface area (Å²) in [5, 5.41) is 9.48. The summed E-state index contributed by atoms with van der Waals surface area (Å²) in [4.78, 5) is 12.0. The lowest BCUT2D eigenvalue weighted by atomic mass is 9.81. The van der Waals surface area contributed by atoms with E-state index in [4.69, 9.17) is 4.74 Å². The van der Waals surface area contributed by atoms with Crippen molar-refractivity contribution in [3.05, 3.63) is 35.5 Å². The first-order valence-electron chi connectivity index (χ1n) is 6.73. The molecule has 2 aliphatic carbocycles. The standard InChI is InChI=1S/C16H19NO2/c1-12-8-9-16(11-17,15(18)19-2)14(12)10-13-6-4-3-5-7-13/h6,10H,1,3-5,7-9H2,2H3/b14-10+. The van der Waals surface area contributed by atoms with Crippen molar-refractivity contribution in [3.8, 4) is 6.07 Å². The van der Waals surface area contributed by atoms with Crippen LogP contribution in [0.1, 0.15) is 38.5 Å². The first-order valence-corrected chi connectivity index (χ1v) is 6.73. The highest BCUT2D eigenvalue weighted by atomic mass is 16.5. The molecular formula is C16H19NO2. The van der Waals surface area contributed by atoms with Gasteiger partial charge in [-0.15, -0.1) is 0 Å². The normalized spacial score (nSPS) is 28.9. The summed E-state index contributed by atoms with van der Waals surface area (Å²) >= 11 is 0. The second kappa shape index (κ2) is 5.44. The highest BCUT2D eigenvalue weighted by molar-refractivity contribution is 5.87. The van der Waals surface area contributed by atoms with Gasteiger partial charge in [0.2, 0.25) is 0 Å². The number of carbonyl (C=O) groups is 1. The quantitative estimate of drug-likeness (QED) is 0.712. The van der Waals surface area contributed by atoms with Crippen molar-refractivity contribution in [3.63, 3.8) is 0 Å². The van der Waals surface area contributed by atoms with Gasteiger partial charge >= 0.3 is 5.97 Å². The molecule has 0 aromatic carbocycles. The first kappa shape index (κ1) is 13.6. The van der Waals surface area contributed by atoms with E-state index in [-0.39, 0.29) is 0 Å². The fourth-order valence-corrected chi connectivity index (χ4v) is 2.86. The summed E-state index contributed by atoms with van der Waals surface area (Å²) in [6.45, 7) is 4.01. The van der Waals surface area contributed by atoms with Crippen molar-refractivity contribution in [2.24, 2.45) is 5.41 Å². The van der Waals surface area contributed by atoms with E-state index in [9.17, 15) is 10.1 Å². The van der Waals surface area contributed by atoms with Gasteiger partial charge in [-0.2, -0.15) is 5.26 Å². The van der Waals surface area contributed by atoms with Crippen LogP contribution in [0.5, 0.6) is 0 Å². The summed E-state index contributed by atoms with van der Waals surface area (Å²) < 4.78 is 4.83. The Kier molecular flexibility index (Phi) is 3.90. The van der Waals surface area contributed by atoms with E-state index >= 15 is 0 Å². The van der Waals surface area contributed by atoms with Crippen LogP contribution in [0.3, 0.4) is 0 Å². The number of ether oxygens (including phenoxy) is 1. The average molecular weight is 257 g/mol. The van der Waals surface area contributed by atoms with E-state index < -0.39 is 11.4 Å². The molecule has 0 radical (unpaired) electrons. The summed E-state index contributed by atoms with van der Waals surface area (Å²) in [5.74, 6) is -0.462. The van der Waals surface area contributed by atoms with E-state index in [0.717, 1.165) is 24.0 Å². The molecule has 3 nitrogen and oxygen atoms in total. The minimum atomic E-state index is -1.15. The number of hydrogen-bond donors (Lipinski definition) is 0. The third kappa shape index (κ3) is 2.35. The van der Waals surface area contributed by atoms with Gasteiger partial charge in [0, 0.05) is 0 Å². The van der Waals surface area contributed by atoms with E-state index in [1.807, 2.05) is 6.08 Å². The molecule has 0 N–H and O–H groups in total. The Morgan fingerprint density at radius 1 is 1.53 bits per heavy atom. The third-order valence-electron chi connectivity index (χ3n) is 4.02. The zero-order valence-corrected chi connectivity index (χ0v) is 11.4. The van der Waals surface area contributed by atoms with Crippen LogP contribution in [-0.4, -0.2) is 13.1 Å². The minimum Gasteiger partial charge on any atom is -0.468 e. The van der Waals surface area contributed by atoms with Crippen molar-refractivity contribution in [2.75, 3.05) is 7.11 Å². The van der Waals surface area contributed by atoms with Crippen molar-refractivity contribution >= 4 is 5.97 Å². The Hall–Kier alpha value is -1.82. The lowest BCUT2D eigenvalue weighted by Gasteiger charge is -2.21. The molecule has 0 spiro atoms. The van der Waals surface area contributed by atoms with Crippen LogP contribution >= 0.6 is 0 Å². The molecule has 1 atom stereocenters. The van der Waals surface area contributed by atoms with Gasteiger partial charge in [-0.25, -0.2) is 4.79 Å². The van der Waals surface area contributed by atoms with E-state index in [1.54, 1.807) is 0 Å². The molecule has 0 aromatic heterocycles. The molecule has 0 saturated heterocycles. The minimum absolute atomic E-state index is 0.462. The number of carbonyl (C=O) groups excluding carboxylic acids is 1. The van der Waals surface area contributed by atoms with Gasteiger partial charge in [-0.1, -0.05) is 24.3 Å². The lowest BCUT2D eigenvalue weighted by molar-refractivity contribution is -0.147. The monoisotopic (exact) mass is 257 g/mol. The van der Waals surface area contributed by atoms with Gasteiger partial charge < -0.3 is 4.74 Å². The van der Waals surface area contributed by atoms with Gasteiger partial charge in [0.05, 0.1) is 13.2 Å². The fraction of sp³-hybridized carbons (Fsp3) is 0.500. The number of methoxy groups -OCH3 is 1. The predicted octanol–water partition coefficient (Wildman–Crippen LogP) is 3.45. The van der Waals surface area contributed by atoms with Gasteiger partial charge in [0.1, 0.15) is 0 Å². The van der Waals surface area contributed by atoms with E-state index in [0.29, 0.717) is 12.8 Å². The van der Waals surface area contributed by atoms with Crippen LogP contribution < -0.4 is 0 Å². The highest BCUT2D eigenvalue weighted by Gasteiger charge is 2.48. The highest BCUT2D eigenvalue weighted by Crippen LogP contribution is 2.47. The summed E-state index contributed by atoms with van der Waals surface area (Å²) in [7, 11) is 1.33. The van der Waals surface area contributed by atoms with Crippen LogP contribution in [0, 0.1) is 16.7 Å². The Labute approximate surface area is 114 Å². The van der Waals surface area contributed by atoms with Gasteiger partial charge in [-0.05, 0) is 49.7 Å². The number of allylic oxidation sites excluding steroid dienone is 4. The topological polar surface area (TPSA) is 50.1 Å². The van der Waals surface area contributed by atoms with Crippen LogP contribution in [-0.2, 0) is 9.53 Å². The van der Waals surface area contributed by atoms with E-state index in [1.165, 1.54) is 25.5 Å². The summed E-state index contributed by atoms with van der Waals surface area (Å²) in [6.07, 6.45) is 9.82. The number of rotatable bonds is 2. The molecule has 1 saturated carbocycles. The van der Waals surface area contributed by atoms with Gasteiger partial charge in [0.15, 0.2) is 5.41 Å². The maximum atomic E-state index is 12.0. The molecule has 2 rings (SSSR count). The zero-order valence-electron chi connectivity index (χ0n) is 11.4. The fourth-order valence-electron chi connectivity index (χ4n) is 2.86. The van der Waals surface area contributed by atoms with Crippen molar-refractivity contribution in [2.45, 2.75) is 38.5 Å². The second-order valence-corrected chi connectivity index (χ2v) is 5.20. The molecular weight excluding hydrogens is 238 g/mol. The Balaban J connectivity index is 2.42. The van der Waals surface area contributed by atoms with Gasteiger partial charge in [0.25, 0.3) is 0 Å². The van der Waals surface area contributed by atoms with Crippen molar-refractivity contribution in [1.82, 2.24) is 0 Å². The molecule has 0 aromatic rings. The molecule has 19 heavy (non-hydrogen) atoms. The maximum Gasteiger partial charge on any atom is 0.330 e. The van der Waals surface area contributed by atoms with Crippen LogP contribution in [0.2, 0.25) is 0 Å². The average Bonchev–Trinajstić information content (AvgIpc) is 2.77. The lowest BCUT2D eigenvalue weighted by Crippen LogP contribution is -2.29. The summed E-state index contributed by atoms with van der Waals surface area (Å²) in [5.41, 5.74) is 1.71.